The Hall–Kier alpha value is -1.72. The number of alkyl halides is 2. The molecule has 0 aliphatic rings. The molecule has 0 atom stereocenters. The van der Waals surface area contributed by atoms with Crippen LogP contribution in [0.5, 0.6) is 0 Å². The molecule has 0 unspecified atom stereocenters. The largest absolute Gasteiger partial charge is 0.464 e. The fourth-order valence-electron chi connectivity index (χ4n) is 1.14. The molecule has 15 heavy (non-hydrogen) atoms. The van der Waals surface area contributed by atoms with Crippen molar-refractivity contribution in [1.29, 1.82) is 0 Å². The minimum atomic E-state index is -2.74. The molecule has 0 aliphatic heterocycles. The van der Waals surface area contributed by atoms with E-state index < -0.39 is 18.0 Å². The summed E-state index contributed by atoms with van der Waals surface area (Å²) in [4.78, 5) is 14.9. The fraction of sp³-hybridized carbons (Fsp3) is 0.333. The van der Waals surface area contributed by atoms with E-state index in [2.05, 4.69) is 9.72 Å². The first kappa shape index (κ1) is 11.4. The van der Waals surface area contributed by atoms with Crippen LogP contribution >= 0.6 is 0 Å². The summed E-state index contributed by atoms with van der Waals surface area (Å²) in [5, 5.41) is 0. The van der Waals surface area contributed by atoms with Crippen LogP contribution in [0, 0.1) is 6.92 Å². The lowest BCUT2D eigenvalue weighted by Gasteiger charge is -2.09. The van der Waals surface area contributed by atoms with Crippen LogP contribution in [0.2, 0.25) is 0 Å². The first-order valence-electron chi connectivity index (χ1n) is 4.10. The minimum Gasteiger partial charge on any atom is -0.464 e. The van der Waals surface area contributed by atoms with Crippen molar-refractivity contribution in [2.45, 2.75) is 13.3 Å². The van der Waals surface area contributed by atoms with Crippen LogP contribution in [-0.2, 0) is 4.74 Å². The molecular formula is C9H10F2N2O2. The second kappa shape index (κ2) is 4.20. The maximum Gasteiger partial charge on any atom is 0.358 e. The summed E-state index contributed by atoms with van der Waals surface area (Å²) in [7, 11) is 1.13. The number of nitrogens with zero attached hydrogens (tertiary/aromatic N) is 1. The van der Waals surface area contributed by atoms with Gasteiger partial charge in [-0.25, -0.2) is 18.6 Å². The normalized spacial score (nSPS) is 10.5. The Labute approximate surface area is 85.1 Å². The predicted octanol–water partition coefficient (Wildman–Crippen LogP) is 1.70. The van der Waals surface area contributed by atoms with Gasteiger partial charge in [-0.1, -0.05) is 0 Å². The summed E-state index contributed by atoms with van der Waals surface area (Å²) in [6.07, 6.45) is -2.74. The maximum atomic E-state index is 12.5. The van der Waals surface area contributed by atoms with Crippen molar-refractivity contribution < 1.29 is 18.3 Å². The van der Waals surface area contributed by atoms with E-state index in [-0.39, 0.29) is 11.4 Å². The standard InChI is InChI=1S/C9H10F2N2O2/c1-4-3-5(8(10)11)6(12)7(13-4)9(14)15-2/h3,8H,12H2,1-2H3. The van der Waals surface area contributed by atoms with Crippen molar-refractivity contribution in [2.24, 2.45) is 0 Å². The average Bonchev–Trinajstić information content (AvgIpc) is 2.19. The van der Waals surface area contributed by atoms with Crippen LogP contribution in [0.4, 0.5) is 14.5 Å². The Kier molecular flexibility index (Phi) is 3.18. The SMILES string of the molecule is COC(=O)c1nc(C)cc(C(F)F)c1N. The van der Waals surface area contributed by atoms with E-state index in [9.17, 15) is 13.6 Å². The van der Waals surface area contributed by atoms with E-state index >= 15 is 0 Å². The van der Waals surface area contributed by atoms with Crippen LogP contribution in [0.1, 0.15) is 28.2 Å². The van der Waals surface area contributed by atoms with Crippen molar-refractivity contribution in [1.82, 2.24) is 4.98 Å². The number of aryl methyl sites for hydroxylation is 1. The summed E-state index contributed by atoms with van der Waals surface area (Å²) < 4.78 is 29.4. The van der Waals surface area contributed by atoms with Gasteiger partial charge in [0.1, 0.15) is 0 Å². The van der Waals surface area contributed by atoms with Gasteiger partial charge in [0.15, 0.2) is 5.69 Å². The van der Waals surface area contributed by atoms with Crippen molar-refractivity contribution in [3.63, 3.8) is 0 Å². The third kappa shape index (κ3) is 2.20. The lowest BCUT2D eigenvalue weighted by Crippen LogP contribution is -2.12. The summed E-state index contributed by atoms with van der Waals surface area (Å²) in [5.74, 6) is -0.821. The molecule has 0 saturated heterocycles. The Morgan fingerprint density at radius 1 is 1.60 bits per heavy atom. The highest BCUT2D eigenvalue weighted by atomic mass is 19.3. The molecule has 0 fully saturated rings. The molecule has 0 radical (unpaired) electrons. The van der Waals surface area contributed by atoms with Gasteiger partial charge in [0.25, 0.3) is 6.43 Å². The second-order valence-corrected chi connectivity index (χ2v) is 2.91. The number of carbonyl (C=O) groups is 1. The average molecular weight is 216 g/mol. The molecule has 0 aliphatic carbocycles. The maximum absolute atomic E-state index is 12.5. The first-order valence-corrected chi connectivity index (χ1v) is 4.10. The molecule has 0 aromatic carbocycles. The van der Waals surface area contributed by atoms with Crippen LogP contribution in [0.15, 0.2) is 6.07 Å². The Morgan fingerprint density at radius 2 is 2.20 bits per heavy atom. The number of hydrogen-bond donors (Lipinski definition) is 1. The number of methoxy groups -OCH3 is 1. The lowest BCUT2D eigenvalue weighted by atomic mass is 10.1. The number of anilines is 1. The van der Waals surface area contributed by atoms with Gasteiger partial charge >= 0.3 is 5.97 Å². The van der Waals surface area contributed by atoms with Crippen LogP contribution in [-0.4, -0.2) is 18.1 Å². The fourth-order valence-corrected chi connectivity index (χ4v) is 1.14. The number of aromatic nitrogens is 1. The van der Waals surface area contributed by atoms with Gasteiger partial charge in [-0.2, -0.15) is 0 Å². The Morgan fingerprint density at radius 3 is 2.67 bits per heavy atom. The van der Waals surface area contributed by atoms with Gasteiger partial charge in [0.05, 0.1) is 12.8 Å². The zero-order valence-corrected chi connectivity index (χ0v) is 8.25. The zero-order valence-electron chi connectivity index (χ0n) is 8.25. The first-order chi connectivity index (χ1) is 6.97. The van der Waals surface area contributed by atoms with Crippen LogP contribution < -0.4 is 5.73 Å². The smallest absolute Gasteiger partial charge is 0.358 e. The quantitative estimate of drug-likeness (QED) is 0.764. The molecule has 0 bridgehead atoms. The number of carbonyl (C=O) groups excluding carboxylic acids is 1. The third-order valence-corrected chi connectivity index (χ3v) is 1.83. The number of hydrogen-bond acceptors (Lipinski definition) is 4. The van der Waals surface area contributed by atoms with E-state index in [0.717, 1.165) is 13.2 Å². The van der Waals surface area contributed by atoms with Crippen LogP contribution in [0.3, 0.4) is 0 Å². The van der Waals surface area contributed by atoms with E-state index in [1.54, 1.807) is 0 Å². The Bertz CT molecular complexity index is 394. The highest BCUT2D eigenvalue weighted by Gasteiger charge is 2.20. The summed E-state index contributed by atoms with van der Waals surface area (Å²) in [6, 6.07) is 1.15. The number of pyridine rings is 1. The van der Waals surface area contributed by atoms with E-state index in [0.29, 0.717) is 5.69 Å². The Balaban J connectivity index is 3.34. The minimum absolute atomic E-state index is 0.271. The monoisotopic (exact) mass is 216 g/mol. The van der Waals surface area contributed by atoms with Gasteiger partial charge in [0, 0.05) is 11.3 Å². The number of nitrogen functional groups attached to an aromatic ring is 1. The van der Waals surface area contributed by atoms with Crippen molar-refractivity contribution in [2.75, 3.05) is 12.8 Å². The number of ether oxygens (including phenoxy) is 1. The highest BCUT2D eigenvalue weighted by molar-refractivity contribution is 5.93. The molecule has 1 heterocycles. The topological polar surface area (TPSA) is 65.2 Å². The number of nitrogens with two attached hydrogens (primary N) is 1. The van der Waals surface area contributed by atoms with E-state index in [1.807, 2.05) is 0 Å². The second-order valence-electron chi connectivity index (χ2n) is 2.91. The summed E-state index contributed by atoms with van der Waals surface area (Å²) in [6.45, 7) is 1.50. The molecule has 1 rings (SSSR count). The third-order valence-electron chi connectivity index (χ3n) is 1.83. The predicted molar refractivity (Wildman–Crippen MR) is 49.7 cm³/mol. The van der Waals surface area contributed by atoms with Gasteiger partial charge in [-0.15, -0.1) is 0 Å². The van der Waals surface area contributed by atoms with Crippen molar-refractivity contribution >= 4 is 11.7 Å². The van der Waals surface area contributed by atoms with Gasteiger partial charge < -0.3 is 10.5 Å². The number of esters is 1. The number of rotatable bonds is 2. The molecule has 0 saturated carbocycles. The number of halogens is 2. The molecule has 1 aromatic rings. The molecule has 0 spiro atoms. The molecule has 0 amide bonds. The van der Waals surface area contributed by atoms with Crippen molar-refractivity contribution in [3.05, 3.63) is 23.0 Å². The van der Waals surface area contributed by atoms with Crippen LogP contribution in [0.25, 0.3) is 0 Å². The molecule has 6 heteroatoms. The molecular weight excluding hydrogens is 206 g/mol. The van der Waals surface area contributed by atoms with Gasteiger partial charge in [-0.3, -0.25) is 0 Å². The molecule has 2 N–H and O–H groups in total. The van der Waals surface area contributed by atoms with Gasteiger partial charge in [-0.05, 0) is 13.0 Å². The summed E-state index contributed by atoms with van der Waals surface area (Å²) in [5.41, 5.74) is 4.68. The van der Waals surface area contributed by atoms with E-state index in [4.69, 9.17) is 5.73 Å². The summed E-state index contributed by atoms with van der Waals surface area (Å²) >= 11 is 0. The van der Waals surface area contributed by atoms with Crippen molar-refractivity contribution in [3.8, 4) is 0 Å². The molecule has 82 valence electrons. The highest BCUT2D eigenvalue weighted by Crippen LogP contribution is 2.27. The molecule has 4 nitrogen and oxygen atoms in total. The van der Waals surface area contributed by atoms with Gasteiger partial charge in [0.2, 0.25) is 0 Å². The molecule has 1 aromatic heterocycles. The van der Waals surface area contributed by atoms with E-state index in [1.165, 1.54) is 6.92 Å². The zero-order chi connectivity index (χ0) is 11.6. The lowest BCUT2D eigenvalue weighted by molar-refractivity contribution is 0.0594.